The molecular formula is C17H25FN2O3. The van der Waals surface area contributed by atoms with Gasteiger partial charge in [0.1, 0.15) is 6.61 Å². The minimum atomic E-state index is -0.489. The molecule has 0 unspecified atom stereocenters. The first-order valence-electron chi connectivity index (χ1n) is 8.11. The summed E-state index contributed by atoms with van der Waals surface area (Å²) in [7, 11) is 1.56. The molecule has 1 aliphatic heterocycles. The molecule has 0 aromatic heterocycles. The van der Waals surface area contributed by atoms with E-state index in [9.17, 15) is 9.18 Å². The molecule has 1 amide bonds. The van der Waals surface area contributed by atoms with Crippen LogP contribution in [0, 0.1) is 11.7 Å². The normalized spacial score (nSPS) is 15.4. The van der Waals surface area contributed by atoms with Crippen LogP contribution in [0.5, 0.6) is 5.75 Å². The number of rotatable bonds is 8. The molecule has 1 fully saturated rings. The first-order valence-corrected chi connectivity index (χ1v) is 8.11. The molecule has 0 saturated carbocycles. The van der Waals surface area contributed by atoms with E-state index in [0.717, 1.165) is 32.4 Å². The van der Waals surface area contributed by atoms with E-state index in [4.69, 9.17) is 9.47 Å². The molecule has 1 aromatic rings. The molecule has 128 valence electrons. The van der Waals surface area contributed by atoms with Crippen LogP contribution in [0.3, 0.4) is 0 Å². The van der Waals surface area contributed by atoms with Gasteiger partial charge in [-0.25, -0.2) is 4.39 Å². The van der Waals surface area contributed by atoms with Crippen molar-refractivity contribution in [2.45, 2.75) is 25.7 Å². The van der Waals surface area contributed by atoms with Gasteiger partial charge in [0.15, 0.2) is 11.6 Å². The van der Waals surface area contributed by atoms with Gasteiger partial charge < -0.3 is 20.1 Å². The topological polar surface area (TPSA) is 59.6 Å². The number of halogens is 1. The summed E-state index contributed by atoms with van der Waals surface area (Å²) in [5.41, 5.74) is 0.455. The van der Waals surface area contributed by atoms with E-state index >= 15 is 0 Å². The number of ether oxygens (including phenoxy) is 2. The fourth-order valence-corrected chi connectivity index (χ4v) is 2.66. The first-order chi connectivity index (χ1) is 11.2. The molecule has 1 heterocycles. The van der Waals surface area contributed by atoms with E-state index in [1.807, 2.05) is 0 Å². The molecule has 1 saturated heterocycles. The average molecular weight is 324 g/mol. The lowest BCUT2D eigenvalue weighted by atomic mass is 9.93. The standard InChI is InChI=1S/C17H25FN2O3/c1-22-10-11-23-16-4-3-14(12-15(16)18)20-17(21)5-2-13-6-8-19-9-7-13/h3-4,12-13,19H,2,5-11H2,1H3,(H,20,21). The second kappa shape index (κ2) is 9.47. The van der Waals surface area contributed by atoms with Gasteiger partial charge in [0, 0.05) is 25.3 Å². The second-order valence-corrected chi connectivity index (χ2v) is 5.77. The monoisotopic (exact) mass is 324 g/mol. The quantitative estimate of drug-likeness (QED) is 0.722. The Morgan fingerprint density at radius 1 is 1.35 bits per heavy atom. The van der Waals surface area contributed by atoms with Crippen LogP contribution in [0.2, 0.25) is 0 Å². The third-order valence-corrected chi connectivity index (χ3v) is 4.00. The molecule has 5 nitrogen and oxygen atoms in total. The Morgan fingerprint density at radius 2 is 2.13 bits per heavy atom. The maximum absolute atomic E-state index is 13.9. The molecule has 0 bridgehead atoms. The zero-order valence-electron chi connectivity index (χ0n) is 13.6. The summed E-state index contributed by atoms with van der Waals surface area (Å²) in [6.07, 6.45) is 3.59. The van der Waals surface area contributed by atoms with E-state index in [1.165, 1.54) is 12.1 Å². The number of nitrogens with one attached hydrogen (secondary N) is 2. The summed E-state index contributed by atoms with van der Waals surface area (Å²) in [5, 5.41) is 6.05. The molecule has 1 aliphatic rings. The maximum atomic E-state index is 13.9. The Bertz CT molecular complexity index is 505. The van der Waals surface area contributed by atoms with Gasteiger partial charge in [0.2, 0.25) is 5.91 Å². The molecular weight excluding hydrogens is 299 g/mol. The molecule has 0 aliphatic carbocycles. The fourth-order valence-electron chi connectivity index (χ4n) is 2.66. The van der Waals surface area contributed by atoms with Crippen LogP contribution in [-0.2, 0) is 9.53 Å². The van der Waals surface area contributed by atoms with Crippen LogP contribution in [0.15, 0.2) is 18.2 Å². The van der Waals surface area contributed by atoms with E-state index in [2.05, 4.69) is 10.6 Å². The maximum Gasteiger partial charge on any atom is 0.224 e. The number of hydrogen-bond donors (Lipinski definition) is 2. The SMILES string of the molecule is COCCOc1ccc(NC(=O)CCC2CCNCC2)cc1F. The van der Waals surface area contributed by atoms with E-state index in [-0.39, 0.29) is 18.3 Å². The van der Waals surface area contributed by atoms with Gasteiger partial charge in [-0.2, -0.15) is 0 Å². The highest BCUT2D eigenvalue weighted by molar-refractivity contribution is 5.90. The average Bonchev–Trinajstić information content (AvgIpc) is 2.56. The Balaban J connectivity index is 1.77. The molecule has 1 aromatic carbocycles. The van der Waals surface area contributed by atoms with Gasteiger partial charge in [-0.3, -0.25) is 4.79 Å². The largest absolute Gasteiger partial charge is 0.488 e. The highest BCUT2D eigenvalue weighted by atomic mass is 19.1. The molecule has 23 heavy (non-hydrogen) atoms. The van der Waals surface area contributed by atoms with Crippen molar-refractivity contribution in [2.75, 3.05) is 38.7 Å². The summed E-state index contributed by atoms with van der Waals surface area (Å²) in [6.45, 7) is 2.74. The van der Waals surface area contributed by atoms with Crippen molar-refractivity contribution in [3.63, 3.8) is 0 Å². The van der Waals surface area contributed by atoms with Crippen molar-refractivity contribution in [1.82, 2.24) is 5.32 Å². The van der Waals surface area contributed by atoms with Gasteiger partial charge in [-0.15, -0.1) is 0 Å². The Hall–Kier alpha value is -1.66. The molecule has 0 radical (unpaired) electrons. The predicted molar refractivity (Wildman–Crippen MR) is 87.2 cm³/mol. The van der Waals surface area contributed by atoms with Crippen LogP contribution in [0.4, 0.5) is 10.1 Å². The Labute approximate surface area is 136 Å². The van der Waals surface area contributed by atoms with Gasteiger partial charge in [0.25, 0.3) is 0 Å². The van der Waals surface area contributed by atoms with Gasteiger partial charge in [-0.1, -0.05) is 0 Å². The number of hydrogen-bond acceptors (Lipinski definition) is 4. The summed E-state index contributed by atoms with van der Waals surface area (Å²) in [4.78, 5) is 12.0. The lowest BCUT2D eigenvalue weighted by Crippen LogP contribution is -2.28. The van der Waals surface area contributed by atoms with E-state index in [0.29, 0.717) is 24.6 Å². The third kappa shape index (κ3) is 6.15. The number of methoxy groups -OCH3 is 1. The highest BCUT2D eigenvalue weighted by Gasteiger charge is 2.15. The summed E-state index contributed by atoms with van der Waals surface area (Å²) < 4.78 is 24.0. The minimum Gasteiger partial charge on any atom is -0.488 e. The number of carbonyl (C=O) groups is 1. The minimum absolute atomic E-state index is 0.0732. The number of amides is 1. The molecule has 0 atom stereocenters. The molecule has 2 N–H and O–H groups in total. The number of carbonyl (C=O) groups excluding carboxylic acids is 1. The first kappa shape index (κ1) is 17.7. The van der Waals surface area contributed by atoms with Crippen molar-refractivity contribution in [3.05, 3.63) is 24.0 Å². The zero-order valence-corrected chi connectivity index (χ0v) is 13.6. The van der Waals surface area contributed by atoms with Crippen molar-refractivity contribution in [3.8, 4) is 5.75 Å². The zero-order chi connectivity index (χ0) is 16.5. The number of benzene rings is 1. The number of piperidine rings is 1. The van der Waals surface area contributed by atoms with Crippen LogP contribution >= 0.6 is 0 Å². The van der Waals surface area contributed by atoms with Crippen LogP contribution in [-0.4, -0.2) is 39.3 Å². The lowest BCUT2D eigenvalue weighted by molar-refractivity contribution is -0.116. The smallest absolute Gasteiger partial charge is 0.224 e. The Kier molecular flexibility index (Phi) is 7.29. The summed E-state index contributed by atoms with van der Waals surface area (Å²) in [5.74, 6) is 0.207. The van der Waals surface area contributed by atoms with Gasteiger partial charge in [-0.05, 0) is 50.4 Å². The van der Waals surface area contributed by atoms with Crippen LogP contribution < -0.4 is 15.4 Å². The van der Waals surface area contributed by atoms with Gasteiger partial charge in [0.05, 0.1) is 6.61 Å². The predicted octanol–water partition coefficient (Wildman–Crippen LogP) is 2.57. The van der Waals surface area contributed by atoms with E-state index in [1.54, 1.807) is 13.2 Å². The lowest BCUT2D eigenvalue weighted by Gasteiger charge is -2.22. The van der Waals surface area contributed by atoms with Crippen LogP contribution in [0.25, 0.3) is 0 Å². The van der Waals surface area contributed by atoms with Gasteiger partial charge >= 0.3 is 0 Å². The summed E-state index contributed by atoms with van der Waals surface area (Å²) in [6, 6.07) is 4.45. The van der Waals surface area contributed by atoms with Crippen LogP contribution in [0.1, 0.15) is 25.7 Å². The fraction of sp³-hybridized carbons (Fsp3) is 0.588. The summed E-state index contributed by atoms with van der Waals surface area (Å²) >= 11 is 0. The highest BCUT2D eigenvalue weighted by Crippen LogP contribution is 2.22. The molecule has 2 rings (SSSR count). The van der Waals surface area contributed by atoms with Crippen molar-refractivity contribution in [2.24, 2.45) is 5.92 Å². The van der Waals surface area contributed by atoms with Crippen molar-refractivity contribution >= 4 is 11.6 Å². The third-order valence-electron chi connectivity index (χ3n) is 4.00. The van der Waals surface area contributed by atoms with E-state index < -0.39 is 5.82 Å². The molecule has 6 heteroatoms. The van der Waals surface area contributed by atoms with Crippen molar-refractivity contribution < 1.29 is 18.7 Å². The Morgan fingerprint density at radius 3 is 2.83 bits per heavy atom. The number of anilines is 1. The molecule has 0 spiro atoms. The second-order valence-electron chi connectivity index (χ2n) is 5.77. The van der Waals surface area contributed by atoms with Crippen molar-refractivity contribution in [1.29, 1.82) is 0 Å².